The van der Waals surface area contributed by atoms with Gasteiger partial charge in [-0.2, -0.15) is 0 Å². The van der Waals surface area contributed by atoms with Gasteiger partial charge >= 0.3 is 0 Å². The van der Waals surface area contributed by atoms with Crippen molar-refractivity contribution < 1.29 is 5.11 Å². The first-order valence-corrected chi connectivity index (χ1v) is 8.44. The molecule has 3 heteroatoms. The fourth-order valence-corrected chi connectivity index (χ4v) is 3.91. The molecule has 1 aromatic carbocycles. The Kier molecular flexibility index (Phi) is 4.94. The van der Waals surface area contributed by atoms with Crippen LogP contribution >= 0.6 is 0 Å². The number of likely N-dealkylation sites (tertiary alicyclic amines) is 1. The summed E-state index contributed by atoms with van der Waals surface area (Å²) in [6, 6.07) is 11.3. The molecule has 1 aromatic rings. The molecule has 0 amide bonds. The number of nitrogens with zero attached hydrogens (tertiary/aromatic N) is 1. The fraction of sp³-hybridized carbons (Fsp3) is 0.667. The van der Waals surface area contributed by atoms with Gasteiger partial charge in [-0.3, -0.25) is 4.90 Å². The van der Waals surface area contributed by atoms with E-state index >= 15 is 0 Å². The van der Waals surface area contributed by atoms with E-state index in [4.69, 9.17) is 0 Å². The number of rotatable bonds is 5. The molecule has 3 rings (SSSR count). The zero-order valence-electron chi connectivity index (χ0n) is 12.9. The summed E-state index contributed by atoms with van der Waals surface area (Å²) in [6.45, 7) is 3.30. The van der Waals surface area contributed by atoms with Crippen LogP contribution in [0.1, 0.15) is 44.1 Å². The van der Waals surface area contributed by atoms with Crippen LogP contribution < -0.4 is 5.32 Å². The van der Waals surface area contributed by atoms with Crippen molar-refractivity contribution in [3.8, 4) is 0 Å². The highest BCUT2D eigenvalue weighted by atomic mass is 16.3. The van der Waals surface area contributed by atoms with Crippen molar-refractivity contribution in [2.75, 3.05) is 19.7 Å². The van der Waals surface area contributed by atoms with Crippen LogP contribution in [0, 0.1) is 0 Å². The van der Waals surface area contributed by atoms with E-state index in [1.807, 2.05) is 0 Å². The third kappa shape index (κ3) is 3.85. The first-order chi connectivity index (χ1) is 10.3. The average molecular weight is 288 g/mol. The molecule has 0 spiro atoms. The van der Waals surface area contributed by atoms with Gasteiger partial charge in [0, 0.05) is 25.7 Å². The SMILES string of the molecule is OCC1(NC2CCCCC2)CCN(Cc2ccccc2)C1. The van der Waals surface area contributed by atoms with Gasteiger partial charge < -0.3 is 10.4 Å². The summed E-state index contributed by atoms with van der Waals surface area (Å²) in [7, 11) is 0. The minimum atomic E-state index is -0.0726. The van der Waals surface area contributed by atoms with E-state index in [-0.39, 0.29) is 12.1 Å². The van der Waals surface area contributed by atoms with Crippen LogP contribution in [-0.4, -0.2) is 41.3 Å². The van der Waals surface area contributed by atoms with Crippen LogP contribution in [-0.2, 0) is 6.54 Å². The lowest BCUT2D eigenvalue weighted by atomic mass is 9.91. The molecule has 1 atom stereocenters. The molecular formula is C18H28N2O. The lowest BCUT2D eigenvalue weighted by Crippen LogP contribution is -2.55. The van der Waals surface area contributed by atoms with E-state index < -0.39 is 0 Å². The molecule has 2 fully saturated rings. The second-order valence-electron chi connectivity index (χ2n) is 6.86. The molecule has 0 aromatic heterocycles. The maximum atomic E-state index is 9.94. The minimum absolute atomic E-state index is 0.0726. The minimum Gasteiger partial charge on any atom is -0.394 e. The van der Waals surface area contributed by atoms with E-state index in [9.17, 15) is 5.11 Å². The Morgan fingerprint density at radius 1 is 1.14 bits per heavy atom. The number of hydrogen-bond acceptors (Lipinski definition) is 3. The van der Waals surface area contributed by atoms with Gasteiger partial charge in [0.05, 0.1) is 12.1 Å². The monoisotopic (exact) mass is 288 g/mol. The van der Waals surface area contributed by atoms with Crippen molar-refractivity contribution in [1.82, 2.24) is 10.2 Å². The molecule has 2 aliphatic rings. The lowest BCUT2D eigenvalue weighted by molar-refractivity contribution is 0.137. The van der Waals surface area contributed by atoms with Crippen molar-refractivity contribution in [1.29, 1.82) is 0 Å². The Balaban J connectivity index is 1.57. The third-order valence-electron chi connectivity index (χ3n) is 5.10. The van der Waals surface area contributed by atoms with Crippen LogP contribution in [0.3, 0.4) is 0 Å². The van der Waals surface area contributed by atoms with E-state index in [0.29, 0.717) is 6.04 Å². The average Bonchev–Trinajstić information content (AvgIpc) is 2.93. The van der Waals surface area contributed by atoms with Gasteiger partial charge in [0.25, 0.3) is 0 Å². The molecule has 116 valence electrons. The molecule has 1 heterocycles. The van der Waals surface area contributed by atoms with Gasteiger partial charge in [-0.25, -0.2) is 0 Å². The number of aliphatic hydroxyl groups is 1. The normalized spacial score (nSPS) is 28.0. The molecule has 1 unspecified atom stereocenters. The van der Waals surface area contributed by atoms with Gasteiger partial charge in [0.15, 0.2) is 0 Å². The first kappa shape index (κ1) is 15.0. The summed E-state index contributed by atoms with van der Waals surface area (Å²) in [5.74, 6) is 0. The second-order valence-corrected chi connectivity index (χ2v) is 6.86. The Morgan fingerprint density at radius 3 is 2.62 bits per heavy atom. The van der Waals surface area contributed by atoms with Gasteiger partial charge in [-0.15, -0.1) is 0 Å². The second kappa shape index (κ2) is 6.91. The summed E-state index contributed by atoms with van der Waals surface area (Å²) in [6.07, 6.45) is 7.68. The molecule has 1 saturated carbocycles. The maximum absolute atomic E-state index is 9.94. The van der Waals surface area contributed by atoms with E-state index in [1.54, 1.807) is 0 Å². The third-order valence-corrected chi connectivity index (χ3v) is 5.10. The Labute approximate surface area is 128 Å². The standard InChI is InChI=1S/C18H28N2O/c21-15-18(19-17-9-5-2-6-10-17)11-12-20(14-18)13-16-7-3-1-4-8-16/h1,3-4,7-8,17,19,21H,2,5-6,9-15H2. The largest absolute Gasteiger partial charge is 0.394 e. The molecule has 1 aliphatic heterocycles. The Bertz CT molecular complexity index is 430. The van der Waals surface area contributed by atoms with E-state index in [0.717, 1.165) is 26.1 Å². The van der Waals surface area contributed by atoms with Crippen LogP contribution in [0.2, 0.25) is 0 Å². The Morgan fingerprint density at radius 2 is 1.90 bits per heavy atom. The van der Waals surface area contributed by atoms with Crippen molar-refractivity contribution in [3.63, 3.8) is 0 Å². The van der Waals surface area contributed by atoms with Crippen LogP contribution in [0.15, 0.2) is 30.3 Å². The molecule has 0 bridgehead atoms. The van der Waals surface area contributed by atoms with Gasteiger partial charge in [-0.05, 0) is 24.8 Å². The smallest absolute Gasteiger partial charge is 0.0626 e. The highest BCUT2D eigenvalue weighted by Crippen LogP contribution is 2.26. The molecular weight excluding hydrogens is 260 g/mol. The molecule has 3 nitrogen and oxygen atoms in total. The predicted octanol–water partition coefficient (Wildman–Crippen LogP) is 2.55. The Hall–Kier alpha value is -0.900. The lowest BCUT2D eigenvalue weighted by Gasteiger charge is -2.35. The fourth-order valence-electron chi connectivity index (χ4n) is 3.91. The van der Waals surface area contributed by atoms with Gasteiger partial charge in [0.2, 0.25) is 0 Å². The van der Waals surface area contributed by atoms with Crippen molar-refractivity contribution in [3.05, 3.63) is 35.9 Å². The van der Waals surface area contributed by atoms with Crippen molar-refractivity contribution in [2.24, 2.45) is 0 Å². The van der Waals surface area contributed by atoms with Crippen LogP contribution in [0.4, 0.5) is 0 Å². The van der Waals surface area contributed by atoms with Gasteiger partial charge in [0.1, 0.15) is 0 Å². The van der Waals surface area contributed by atoms with Crippen LogP contribution in [0.25, 0.3) is 0 Å². The maximum Gasteiger partial charge on any atom is 0.0626 e. The molecule has 2 N–H and O–H groups in total. The molecule has 1 saturated heterocycles. The predicted molar refractivity (Wildman–Crippen MR) is 86.2 cm³/mol. The van der Waals surface area contributed by atoms with E-state index in [2.05, 4.69) is 40.5 Å². The summed E-state index contributed by atoms with van der Waals surface area (Å²) in [4.78, 5) is 2.47. The highest BCUT2D eigenvalue weighted by molar-refractivity contribution is 5.15. The topological polar surface area (TPSA) is 35.5 Å². The zero-order valence-corrected chi connectivity index (χ0v) is 12.9. The summed E-state index contributed by atoms with van der Waals surface area (Å²) >= 11 is 0. The summed E-state index contributed by atoms with van der Waals surface area (Å²) in [5.41, 5.74) is 1.29. The van der Waals surface area contributed by atoms with Crippen molar-refractivity contribution >= 4 is 0 Å². The van der Waals surface area contributed by atoms with Crippen LogP contribution in [0.5, 0.6) is 0 Å². The van der Waals surface area contributed by atoms with Crippen molar-refractivity contribution in [2.45, 2.75) is 56.7 Å². The summed E-state index contributed by atoms with van der Waals surface area (Å²) < 4.78 is 0. The summed E-state index contributed by atoms with van der Waals surface area (Å²) in [5, 5.41) is 13.7. The number of benzene rings is 1. The molecule has 0 radical (unpaired) electrons. The quantitative estimate of drug-likeness (QED) is 0.874. The highest BCUT2D eigenvalue weighted by Gasteiger charge is 2.39. The zero-order chi connectivity index (χ0) is 14.5. The van der Waals surface area contributed by atoms with Gasteiger partial charge in [-0.1, -0.05) is 49.6 Å². The number of aliphatic hydroxyl groups excluding tert-OH is 1. The van der Waals surface area contributed by atoms with E-state index in [1.165, 1.54) is 37.7 Å². The first-order valence-electron chi connectivity index (χ1n) is 8.44. The molecule has 21 heavy (non-hydrogen) atoms. The number of hydrogen-bond donors (Lipinski definition) is 2. The number of nitrogens with one attached hydrogen (secondary N) is 1. The molecule has 1 aliphatic carbocycles.